The highest BCUT2D eigenvalue weighted by Crippen LogP contribution is 2.22. The predicted octanol–water partition coefficient (Wildman–Crippen LogP) is 1.91. The van der Waals surface area contributed by atoms with Crippen LogP contribution in [0.1, 0.15) is 5.56 Å². The molecular weight excluding hydrogens is 230 g/mol. The molecule has 0 bridgehead atoms. The van der Waals surface area contributed by atoms with Crippen LogP contribution in [0.15, 0.2) is 43.0 Å². The first-order valence-electron chi connectivity index (χ1n) is 4.88. The van der Waals surface area contributed by atoms with Gasteiger partial charge in [0.15, 0.2) is 0 Å². The number of hydrogen-bond acceptors (Lipinski definition) is 3. The van der Waals surface area contributed by atoms with Gasteiger partial charge in [0.1, 0.15) is 12.7 Å². The molecule has 1 aromatic carbocycles. The van der Waals surface area contributed by atoms with E-state index >= 15 is 0 Å². The summed E-state index contributed by atoms with van der Waals surface area (Å²) in [7, 11) is 0. The SMILES string of the molecule is C=CC(O)C(F)(F)C(=O)OCc1ccccc1. The van der Waals surface area contributed by atoms with Crippen molar-refractivity contribution >= 4 is 5.97 Å². The van der Waals surface area contributed by atoms with E-state index in [9.17, 15) is 13.6 Å². The first-order valence-corrected chi connectivity index (χ1v) is 4.88. The first kappa shape index (κ1) is 13.3. The second kappa shape index (κ2) is 5.54. The summed E-state index contributed by atoms with van der Waals surface area (Å²) in [4.78, 5) is 11.1. The molecule has 0 aliphatic heterocycles. The molecule has 1 aromatic rings. The molecule has 1 unspecified atom stereocenters. The number of carbonyl (C=O) groups excluding carboxylic acids is 1. The molecule has 17 heavy (non-hydrogen) atoms. The molecule has 0 aromatic heterocycles. The summed E-state index contributed by atoms with van der Waals surface area (Å²) in [6.45, 7) is 2.73. The average molecular weight is 242 g/mol. The number of halogens is 2. The van der Waals surface area contributed by atoms with Gasteiger partial charge in [-0.05, 0) is 5.56 Å². The van der Waals surface area contributed by atoms with Crippen LogP contribution in [0.2, 0.25) is 0 Å². The first-order chi connectivity index (χ1) is 7.98. The topological polar surface area (TPSA) is 46.5 Å². The number of hydrogen-bond donors (Lipinski definition) is 1. The molecule has 0 saturated carbocycles. The lowest BCUT2D eigenvalue weighted by atomic mass is 10.2. The zero-order valence-electron chi connectivity index (χ0n) is 8.98. The van der Waals surface area contributed by atoms with Crippen molar-refractivity contribution in [2.45, 2.75) is 18.6 Å². The Labute approximate surface area is 97.3 Å². The Balaban J connectivity index is 2.58. The number of benzene rings is 1. The lowest BCUT2D eigenvalue weighted by Crippen LogP contribution is -2.41. The van der Waals surface area contributed by atoms with Gasteiger partial charge >= 0.3 is 11.9 Å². The van der Waals surface area contributed by atoms with Gasteiger partial charge in [-0.1, -0.05) is 36.4 Å². The van der Waals surface area contributed by atoms with Gasteiger partial charge in [-0.25, -0.2) is 4.79 Å². The van der Waals surface area contributed by atoms with E-state index in [4.69, 9.17) is 5.11 Å². The van der Waals surface area contributed by atoms with Crippen molar-refractivity contribution in [3.8, 4) is 0 Å². The normalized spacial score (nSPS) is 12.9. The number of alkyl halides is 2. The molecule has 0 saturated heterocycles. The van der Waals surface area contributed by atoms with Crippen LogP contribution in [0.3, 0.4) is 0 Å². The van der Waals surface area contributed by atoms with Crippen LogP contribution in [-0.4, -0.2) is 23.1 Å². The highest BCUT2D eigenvalue weighted by molar-refractivity contribution is 5.78. The van der Waals surface area contributed by atoms with E-state index in [2.05, 4.69) is 11.3 Å². The zero-order valence-corrected chi connectivity index (χ0v) is 8.98. The maximum atomic E-state index is 13.1. The summed E-state index contributed by atoms with van der Waals surface area (Å²) in [5.74, 6) is -5.75. The molecule has 0 aliphatic rings. The Bertz CT molecular complexity index is 390. The predicted molar refractivity (Wildman–Crippen MR) is 57.4 cm³/mol. The van der Waals surface area contributed by atoms with Crippen molar-refractivity contribution in [2.75, 3.05) is 0 Å². The van der Waals surface area contributed by atoms with E-state index < -0.39 is 18.0 Å². The van der Waals surface area contributed by atoms with E-state index in [-0.39, 0.29) is 6.61 Å². The Morgan fingerprint density at radius 1 is 1.47 bits per heavy atom. The van der Waals surface area contributed by atoms with Crippen molar-refractivity contribution in [1.82, 2.24) is 0 Å². The van der Waals surface area contributed by atoms with E-state index in [0.29, 0.717) is 11.6 Å². The Morgan fingerprint density at radius 3 is 2.59 bits per heavy atom. The Morgan fingerprint density at radius 2 is 2.06 bits per heavy atom. The fourth-order valence-corrected chi connectivity index (χ4v) is 1.09. The molecule has 0 radical (unpaired) electrons. The van der Waals surface area contributed by atoms with Gasteiger partial charge in [0.25, 0.3) is 0 Å². The van der Waals surface area contributed by atoms with E-state index in [1.807, 2.05) is 0 Å². The minimum Gasteiger partial charge on any atom is -0.456 e. The van der Waals surface area contributed by atoms with Crippen molar-refractivity contribution in [3.63, 3.8) is 0 Å². The highest BCUT2D eigenvalue weighted by atomic mass is 19.3. The molecule has 1 N–H and O–H groups in total. The van der Waals surface area contributed by atoms with E-state index in [1.165, 1.54) is 0 Å². The minimum atomic E-state index is -3.98. The highest BCUT2D eigenvalue weighted by Gasteiger charge is 2.46. The van der Waals surface area contributed by atoms with Crippen LogP contribution in [0.4, 0.5) is 8.78 Å². The number of esters is 1. The summed E-state index contributed by atoms with van der Waals surface area (Å²) in [6, 6.07) is 8.41. The van der Waals surface area contributed by atoms with Gasteiger partial charge in [0.05, 0.1) is 0 Å². The van der Waals surface area contributed by atoms with Crippen LogP contribution in [0.25, 0.3) is 0 Å². The molecule has 0 spiro atoms. The molecule has 0 fully saturated rings. The number of carbonyl (C=O) groups is 1. The van der Waals surface area contributed by atoms with Gasteiger partial charge in [0, 0.05) is 0 Å². The number of ether oxygens (including phenoxy) is 1. The third-order valence-electron chi connectivity index (χ3n) is 2.08. The summed E-state index contributed by atoms with van der Waals surface area (Å²) in [5.41, 5.74) is 0.588. The average Bonchev–Trinajstić information content (AvgIpc) is 2.35. The lowest BCUT2D eigenvalue weighted by Gasteiger charge is -2.17. The van der Waals surface area contributed by atoms with Gasteiger partial charge in [-0.2, -0.15) is 8.78 Å². The fraction of sp³-hybridized carbons (Fsp3) is 0.250. The monoisotopic (exact) mass is 242 g/mol. The summed E-state index contributed by atoms with van der Waals surface area (Å²) < 4.78 is 30.7. The summed E-state index contributed by atoms with van der Waals surface area (Å²) in [6.07, 6.45) is -1.66. The molecule has 0 amide bonds. The van der Waals surface area contributed by atoms with Crippen molar-refractivity contribution in [2.24, 2.45) is 0 Å². The molecule has 0 heterocycles. The summed E-state index contributed by atoms with van der Waals surface area (Å²) >= 11 is 0. The molecule has 0 aliphatic carbocycles. The Kier molecular flexibility index (Phi) is 4.34. The smallest absolute Gasteiger partial charge is 0.380 e. The number of aliphatic hydroxyl groups is 1. The van der Waals surface area contributed by atoms with Gasteiger partial charge in [-0.3, -0.25) is 0 Å². The van der Waals surface area contributed by atoms with Gasteiger partial charge < -0.3 is 9.84 Å². The Hall–Kier alpha value is -1.75. The lowest BCUT2D eigenvalue weighted by molar-refractivity contribution is -0.185. The van der Waals surface area contributed by atoms with Crippen molar-refractivity contribution < 1.29 is 23.4 Å². The second-order valence-electron chi connectivity index (χ2n) is 3.37. The molecule has 5 heteroatoms. The molecule has 1 rings (SSSR count). The van der Waals surface area contributed by atoms with Crippen LogP contribution in [0, 0.1) is 0 Å². The van der Waals surface area contributed by atoms with Crippen molar-refractivity contribution in [3.05, 3.63) is 48.6 Å². The third kappa shape index (κ3) is 3.35. The van der Waals surface area contributed by atoms with E-state index in [1.54, 1.807) is 30.3 Å². The molecule has 1 atom stereocenters. The number of aliphatic hydroxyl groups excluding tert-OH is 1. The van der Waals surface area contributed by atoms with Crippen LogP contribution in [-0.2, 0) is 16.1 Å². The van der Waals surface area contributed by atoms with Crippen LogP contribution in [0.5, 0.6) is 0 Å². The minimum absolute atomic E-state index is 0.265. The zero-order chi connectivity index (χ0) is 12.9. The molecular formula is C12H12F2O3. The number of rotatable bonds is 5. The molecule has 92 valence electrons. The largest absolute Gasteiger partial charge is 0.456 e. The second-order valence-corrected chi connectivity index (χ2v) is 3.37. The maximum absolute atomic E-state index is 13.1. The maximum Gasteiger partial charge on any atom is 0.380 e. The van der Waals surface area contributed by atoms with Gasteiger partial charge in [-0.15, -0.1) is 6.58 Å². The quantitative estimate of drug-likeness (QED) is 0.633. The fourth-order valence-electron chi connectivity index (χ4n) is 1.09. The van der Waals surface area contributed by atoms with Crippen LogP contribution >= 0.6 is 0 Å². The molecule has 3 nitrogen and oxygen atoms in total. The van der Waals surface area contributed by atoms with Gasteiger partial charge in [0.2, 0.25) is 0 Å². The van der Waals surface area contributed by atoms with Crippen LogP contribution < -0.4 is 0 Å². The van der Waals surface area contributed by atoms with Crippen molar-refractivity contribution in [1.29, 1.82) is 0 Å². The third-order valence-corrected chi connectivity index (χ3v) is 2.08. The van der Waals surface area contributed by atoms with E-state index in [0.717, 1.165) is 0 Å². The standard InChI is InChI=1S/C12H12F2O3/c1-2-10(15)12(13,14)11(16)17-8-9-6-4-3-5-7-9/h2-7,10,15H,1,8H2. The summed E-state index contributed by atoms with van der Waals surface area (Å²) in [5, 5.41) is 8.88.